The fourth-order valence-corrected chi connectivity index (χ4v) is 3.92. The Balaban J connectivity index is 1.31. The molecule has 2 aliphatic heterocycles. The molecule has 0 bridgehead atoms. The van der Waals surface area contributed by atoms with Crippen LogP contribution >= 0.6 is 0 Å². The monoisotopic (exact) mass is 407 g/mol. The first-order chi connectivity index (χ1) is 14.4. The van der Waals surface area contributed by atoms with E-state index in [0.29, 0.717) is 31.6 Å². The van der Waals surface area contributed by atoms with Gasteiger partial charge in [-0.2, -0.15) is 0 Å². The highest BCUT2D eigenvalue weighted by molar-refractivity contribution is 6.07. The summed E-state index contributed by atoms with van der Waals surface area (Å²) in [5.74, 6) is -0.303. The topological polar surface area (TPSA) is 93.8 Å². The fraction of sp³-hybridized carbons (Fsp3) is 0.318. The summed E-state index contributed by atoms with van der Waals surface area (Å²) in [4.78, 5) is 39.8. The second-order valence-corrected chi connectivity index (χ2v) is 7.80. The highest BCUT2D eigenvalue weighted by Gasteiger charge is 2.48. The molecule has 0 aliphatic carbocycles. The molecule has 2 aromatic rings. The summed E-state index contributed by atoms with van der Waals surface area (Å²) in [5, 5.41) is 7.89. The predicted octanol–water partition coefficient (Wildman–Crippen LogP) is 2.53. The lowest BCUT2D eigenvalue weighted by Gasteiger charge is -2.36. The van der Waals surface area contributed by atoms with Crippen molar-refractivity contribution < 1.29 is 14.4 Å². The van der Waals surface area contributed by atoms with Crippen LogP contribution in [0.4, 0.5) is 21.0 Å². The SMILES string of the molecule is CN(Cc1ccccc1)c1ccc(NC(=O)N2CCC3(CC2)NC(=O)NC3=O)cc1. The number of nitrogens with zero attached hydrogens (tertiary/aromatic N) is 2. The number of amides is 5. The van der Waals surface area contributed by atoms with Crippen molar-refractivity contribution >= 4 is 29.3 Å². The molecular weight excluding hydrogens is 382 g/mol. The smallest absolute Gasteiger partial charge is 0.322 e. The third kappa shape index (κ3) is 4.07. The molecule has 0 saturated carbocycles. The molecule has 4 rings (SSSR count). The maximum atomic E-state index is 12.6. The first-order valence-corrected chi connectivity index (χ1v) is 10.00. The Morgan fingerprint density at radius 2 is 1.73 bits per heavy atom. The van der Waals surface area contributed by atoms with Gasteiger partial charge in [-0.05, 0) is 42.7 Å². The Labute approximate surface area is 175 Å². The summed E-state index contributed by atoms with van der Waals surface area (Å²) in [5.41, 5.74) is 2.12. The van der Waals surface area contributed by atoms with Crippen LogP contribution in [0.3, 0.4) is 0 Å². The highest BCUT2D eigenvalue weighted by atomic mass is 16.2. The van der Waals surface area contributed by atoms with Crippen LogP contribution in [0.25, 0.3) is 0 Å². The summed E-state index contributed by atoms with van der Waals surface area (Å²) in [7, 11) is 2.03. The number of imide groups is 1. The van der Waals surface area contributed by atoms with Gasteiger partial charge in [-0.1, -0.05) is 30.3 Å². The number of hydrogen-bond donors (Lipinski definition) is 3. The van der Waals surface area contributed by atoms with Crippen molar-refractivity contribution in [2.24, 2.45) is 0 Å². The Hall–Kier alpha value is -3.55. The molecule has 0 atom stereocenters. The molecule has 0 unspecified atom stereocenters. The molecule has 2 aliphatic rings. The van der Waals surface area contributed by atoms with Crippen molar-refractivity contribution in [3.63, 3.8) is 0 Å². The maximum Gasteiger partial charge on any atom is 0.322 e. The average Bonchev–Trinajstić information content (AvgIpc) is 3.02. The lowest BCUT2D eigenvalue weighted by Crippen LogP contribution is -2.56. The second-order valence-electron chi connectivity index (χ2n) is 7.80. The number of urea groups is 2. The number of piperidine rings is 1. The van der Waals surface area contributed by atoms with Gasteiger partial charge in [-0.15, -0.1) is 0 Å². The Bertz CT molecular complexity index is 937. The van der Waals surface area contributed by atoms with E-state index in [0.717, 1.165) is 12.2 Å². The zero-order valence-electron chi connectivity index (χ0n) is 16.9. The van der Waals surface area contributed by atoms with Crippen LogP contribution in [0, 0.1) is 0 Å². The standard InChI is InChI=1S/C22H25N5O3/c1-26(15-16-5-3-2-4-6-16)18-9-7-17(8-10-18)23-21(30)27-13-11-22(12-14-27)19(28)24-20(29)25-22/h2-10H,11-15H2,1H3,(H,23,30)(H2,24,25,28,29). The van der Waals surface area contributed by atoms with E-state index in [1.54, 1.807) is 4.90 Å². The molecule has 0 radical (unpaired) electrons. The molecule has 2 fully saturated rings. The number of carbonyl (C=O) groups is 3. The van der Waals surface area contributed by atoms with Crippen LogP contribution < -0.4 is 20.9 Å². The minimum absolute atomic E-state index is 0.208. The first-order valence-electron chi connectivity index (χ1n) is 10.00. The largest absolute Gasteiger partial charge is 0.370 e. The number of nitrogens with one attached hydrogen (secondary N) is 3. The summed E-state index contributed by atoms with van der Waals surface area (Å²) in [6.45, 7) is 1.60. The molecule has 5 amide bonds. The Kier molecular flexibility index (Phi) is 5.31. The summed E-state index contributed by atoms with van der Waals surface area (Å²) < 4.78 is 0. The van der Waals surface area contributed by atoms with Crippen LogP contribution in [-0.4, -0.2) is 48.5 Å². The zero-order chi connectivity index (χ0) is 21.1. The predicted molar refractivity (Wildman–Crippen MR) is 114 cm³/mol. The Morgan fingerprint density at radius 3 is 2.33 bits per heavy atom. The van der Waals surface area contributed by atoms with Gasteiger partial charge in [0.25, 0.3) is 5.91 Å². The van der Waals surface area contributed by atoms with Crippen LogP contribution in [0.5, 0.6) is 0 Å². The van der Waals surface area contributed by atoms with E-state index in [1.165, 1.54) is 5.56 Å². The van der Waals surface area contributed by atoms with Crippen molar-refractivity contribution in [1.29, 1.82) is 0 Å². The van der Waals surface area contributed by atoms with Gasteiger partial charge in [0.2, 0.25) is 0 Å². The highest BCUT2D eigenvalue weighted by Crippen LogP contribution is 2.26. The van der Waals surface area contributed by atoms with Gasteiger partial charge in [0.1, 0.15) is 5.54 Å². The third-order valence-electron chi connectivity index (χ3n) is 5.74. The third-order valence-corrected chi connectivity index (χ3v) is 5.74. The molecule has 2 heterocycles. The van der Waals surface area contributed by atoms with E-state index in [9.17, 15) is 14.4 Å². The Morgan fingerprint density at radius 1 is 1.07 bits per heavy atom. The lowest BCUT2D eigenvalue weighted by molar-refractivity contribution is -0.125. The summed E-state index contributed by atoms with van der Waals surface area (Å²) >= 11 is 0. The van der Waals surface area contributed by atoms with E-state index in [-0.39, 0.29) is 11.9 Å². The number of likely N-dealkylation sites (tertiary alicyclic amines) is 1. The molecular formula is C22H25N5O3. The maximum absolute atomic E-state index is 12.6. The van der Waals surface area contributed by atoms with Crippen molar-refractivity contribution in [3.8, 4) is 0 Å². The van der Waals surface area contributed by atoms with Gasteiger partial charge in [0.05, 0.1) is 0 Å². The average molecular weight is 407 g/mol. The van der Waals surface area contributed by atoms with Gasteiger partial charge >= 0.3 is 12.1 Å². The van der Waals surface area contributed by atoms with E-state index in [2.05, 4.69) is 33.0 Å². The minimum atomic E-state index is -0.876. The molecule has 1 spiro atoms. The lowest BCUT2D eigenvalue weighted by atomic mass is 9.88. The van der Waals surface area contributed by atoms with E-state index in [1.807, 2.05) is 49.5 Å². The summed E-state index contributed by atoms with van der Waals surface area (Å²) in [6.07, 6.45) is 0.808. The molecule has 2 aromatic carbocycles. The molecule has 0 aromatic heterocycles. The number of anilines is 2. The van der Waals surface area contributed by atoms with E-state index in [4.69, 9.17) is 0 Å². The van der Waals surface area contributed by atoms with Crippen molar-refractivity contribution in [1.82, 2.24) is 15.5 Å². The number of hydrogen-bond acceptors (Lipinski definition) is 4. The van der Waals surface area contributed by atoms with E-state index >= 15 is 0 Å². The minimum Gasteiger partial charge on any atom is -0.370 e. The number of carbonyl (C=O) groups excluding carboxylic acids is 3. The second kappa shape index (κ2) is 8.06. The normalized spacial score (nSPS) is 17.4. The molecule has 8 nitrogen and oxygen atoms in total. The van der Waals surface area contributed by atoms with Gasteiger partial charge < -0.3 is 20.4 Å². The van der Waals surface area contributed by atoms with Crippen LogP contribution in [-0.2, 0) is 11.3 Å². The van der Waals surface area contributed by atoms with Crippen molar-refractivity contribution in [2.45, 2.75) is 24.9 Å². The fourth-order valence-electron chi connectivity index (χ4n) is 3.92. The molecule has 2 saturated heterocycles. The zero-order valence-corrected chi connectivity index (χ0v) is 16.9. The molecule has 156 valence electrons. The number of rotatable bonds is 4. The van der Waals surface area contributed by atoms with Gasteiger partial charge in [-0.3, -0.25) is 10.1 Å². The van der Waals surface area contributed by atoms with Crippen molar-refractivity contribution in [2.75, 3.05) is 30.4 Å². The quantitative estimate of drug-likeness (QED) is 0.679. The molecule has 8 heteroatoms. The van der Waals surface area contributed by atoms with Gasteiger partial charge in [0, 0.05) is 38.1 Å². The summed E-state index contributed by atoms with van der Waals surface area (Å²) in [6, 6.07) is 17.3. The van der Waals surface area contributed by atoms with Crippen molar-refractivity contribution in [3.05, 3.63) is 60.2 Å². The van der Waals surface area contributed by atoms with Crippen LogP contribution in [0.2, 0.25) is 0 Å². The van der Waals surface area contributed by atoms with Gasteiger partial charge in [-0.25, -0.2) is 9.59 Å². The van der Waals surface area contributed by atoms with E-state index < -0.39 is 11.6 Å². The van der Waals surface area contributed by atoms with Gasteiger partial charge in [0.15, 0.2) is 0 Å². The first kappa shape index (κ1) is 19.8. The van der Waals surface area contributed by atoms with Crippen LogP contribution in [0.1, 0.15) is 18.4 Å². The molecule has 3 N–H and O–H groups in total. The number of benzene rings is 2. The molecule has 30 heavy (non-hydrogen) atoms. The van der Waals surface area contributed by atoms with Crippen LogP contribution in [0.15, 0.2) is 54.6 Å².